The third-order valence-corrected chi connectivity index (χ3v) is 7.12. The number of aliphatic hydroxyl groups excluding tert-OH is 1. The second kappa shape index (κ2) is 11.5. The Bertz CT molecular complexity index is 1020. The number of nitrogens with zero attached hydrogens (tertiary/aromatic N) is 4. The molecular weight excluding hydrogens is 471 g/mol. The highest BCUT2D eigenvalue weighted by Crippen LogP contribution is 2.29. The molecule has 3 heterocycles. The first-order chi connectivity index (χ1) is 17.2. The second-order valence-corrected chi connectivity index (χ2v) is 9.77. The van der Waals surface area contributed by atoms with E-state index in [1.807, 2.05) is 13.0 Å². The number of nitrogens with one attached hydrogen (secondary N) is 1. The summed E-state index contributed by atoms with van der Waals surface area (Å²) >= 11 is 0. The molecule has 1 atom stereocenters. The molecule has 0 spiro atoms. The Morgan fingerprint density at radius 2 is 1.72 bits per heavy atom. The topological polar surface area (TPSA) is 81.6 Å². The van der Waals surface area contributed by atoms with Crippen LogP contribution < -0.4 is 15.1 Å². The Morgan fingerprint density at radius 1 is 1.06 bits per heavy atom. The number of hydrogen-bond donors (Lipinski definition) is 2. The van der Waals surface area contributed by atoms with Crippen LogP contribution in [0.15, 0.2) is 30.3 Å². The third kappa shape index (κ3) is 6.66. The van der Waals surface area contributed by atoms with Crippen LogP contribution >= 0.6 is 0 Å². The first-order valence-corrected chi connectivity index (χ1v) is 12.6. The molecule has 0 unspecified atom stereocenters. The number of amides is 1. The minimum absolute atomic E-state index is 0.0383. The first-order valence-electron chi connectivity index (χ1n) is 12.6. The second-order valence-electron chi connectivity index (χ2n) is 9.77. The van der Waals surface area contributed by atoms with Gasteiger partial charge in [0.1, 0.15) is 17.5 Å². The van der Waals surface area contributed by atoms with Crippen LogP contribution in [0.4, 0.5) is 24.8 Å². The number of benzene rings is 1. The van der Waals surface area contributed by atoms with Gasteiger partial charge in [-0.15, -0.1) is 0 Å². The maximum atomic E-state index is 12.8. The maximum absolute atomic E-state index is 12.8. The molecule has 4 rings (SSSR count). The van der Waals surface area contributed by atoms with E-state index in [1.54, 1.807) is 0 Å². The van der Waals surface area contributed by atoms with E-state index in [2.05, 4.69) is 25.1 Å². The summed E-state index contributed by atoms with van der Waals surface area (Å²) in [6.07, 6.45) is -0.340. The van der Waals surface area contributed by atoms with Crippen molar-refractivity contribution in [3.63, 3.8) is 0 Å². The van der Waals surface area contributed by atoms with Gasteiger partial charge in [-0.2, -0.15) is 13.2 Å². The molecule has 2 saturated heterocycles. The van der Waals surface area contributed by atoms with Crippen molar-refractivity contribution in [2.75, 3.05) is 49.1 Å². The lowest BCUT2D eigenvalue weighted by atomic mass is 9.97. The molecule has 10 heteroatoms. The molecule has 7 nitrogen and oxygen atoms in total. The van der Waals surface area contributed by atoms with Gasteiger partial charge in [-0.3, -0.25) is 4.79 Å². The van der Waals surface area contributed by atoms with E-state index < -0.39 is 11.7 Å². The number of aliphatic hydroxyl groups is 1. The molecule has 0 bridgehead atoms. The Morgan fingerprint density at radius 3 is 2.36 bits per heavy atom. The Kier molecular flexibility index (Phi) is 8.33. The van der Waals surface area contributed by atoms with Gasteiger partial charge in [0.15, 0.2) is 0 Å². The highest BCUT2D eigenvalue weighted by molar-refractivity contribution is 5.79. The van der Waals surface area contributed by atoms with Gasteiger partial charge in [0.2, 0.25) is 5.91 Å². The summed E-state index contributed by atoms with van der Waals surface area (Å²) in [5.41, 5.74) is 0.0796. The zero-order valence-electron chi connectivity index (χ0n) is 20.6. The van der Waals surface area contributed by atoms with Gasteiger partial charge in [-0.1, -0.05) is 12.1 Å². The average Bonchev–Trinajstić information content (AvgIpc) is 2.88. The van der Waals surface area contributed by atoms with Crippen molar-refractivity contribution in [3.05, 3.63) is 47.3 Å². The minimum Gasteiger partial charge on any atom is -0.396 e. The van der Waals surface area contributed by atoms with E-state index in [0.717, 1.165) is 74.6 Å². The lowest BCUT2D eigenvalue weighted by Crippen LogP contribution is -2.44. The maximum Gasteiger partial charge on any atom is 0.416 e. The van der Waals surface area contributed by atoms with Gasteiger partial charge in [0, 0.05) is 45.4 Å². The largest absolute Gasteiger partial charge is 0.416 e. The number of aryl methyl sites for hydroxylation is 1. The lowest BCUT2D eigenvalue weighted by molar-refractivity contribution is -0.137. The molecule has 196 valence electrons. The molecule has 2 fully saturated rings. The predicted molar refractivity (Wildman–Crippen MR) is 132 cm³/mol. The number of alkyl halides is 3. The van der Waals surface area contributed by atoms with Crippen LogP contribution in [0.2, 0.25) is 0 Å². The van der Waals surface area contributed by atoms with Crippen LogP contribution in [0.3, 0.4) is 0 Å². The normalized spacial score (nSPS) is 19.4. The standard InChI is InChI=1S/C26H34F3N5O2/c1-18-31-23(33-13-9-20(17-35)10-14-33)15-24(32-18)34-12-2-3-21(16-34)25(36)30-11-8-19-4-6-22(7-5-19)26(27,28)29/h4-7,15,20-21,35H,2-3,8-14,16-17H2,1H3,(H,30,36)/t21-/m1/s1. The van der Waals surface area contributed by atoms with Crippen molar-refractivity contribution in [2.45, 2.75) is 45.2 Å². The van der Waals surface area contributed by atoms with Crippen LogP contribution in [0.25, 0.3) is 0 Å². The van der Waals surface area contributed by atoms with Crippen molar-refractivity contribution < 1.29 is 23.1 Å². The van der Waals surface area contributed by atoms with Crippen molar-refractivity contribution >= 4 is 17.5 Å². The highest BCUT2D eigenvalue weighted by Gasteiger charge is 2.30. The molecule has 2 aromatic rings. The van der Waals surface area contributed by atoms with Gasteiger partial charge >= 0.3 is 6.18 Å². The number of anilines is 2. The van der Waals surface area contributed by atoms with Crippen LogP contribution in [0.1, 0.15) is 42.6 Å². The number of halogens is 3. The van der Waals surface area contributed by atoms with E-state index in [9.17, 15) is 23.1 Å². The van der Waals surface area contributed by atoms with Gasteiger partial charge in [0.25, 0.3) is 0 Å². The summed E-state index contributed by atoms with van der Waals surface area (Å²) in [7, 11) is 0. The summed E-state index contributed by atoms with van der Waals surface area (Å²) in [4.78, 5) is 26.5. The average molecular weight is 506 g/mol. The van der Waals surface area contributed by atoms with Crippen molar-refractivity contribution in [2.24, 2.45) is 11.8 Å². The van der Waals surface area contributed by atoms with Crippen molar-refractivity contribution in [3.8, 4) is 0 Å². The van der Waals surface area contributed by atoms with Crippen LogP contribution in [0, 0.1) is 18.8 Å². The monoisotopic (exact) mass is 505 g/mol. The third-order valence-electron chi connectivity index (χ3n) is 7.12. The fourth-order valence-corrected chi connectivity index (χ4v) is 4.94. The first kappa shape index (κ1) is 26.2. The quantitative estimate of drug-likeness (QED) is 0.599. The van der Waals surface area contributed by atoms with Crippen LogP contribution in [-0.2, 0) is 17.4 Å². The summed E-state index contributed by atoms with van der Waals surface area (Å²) in [5, 5.41) is 12.4. The molecule has 0 saturated carbocycles. The SMILES string of the molecule is Cc1nc(N2CCC(CO)CC2)cc(N2CCC[C@@H](C(=O)NCCc3ccc(C(F)(F)F)cc3)C2)n1. The number of hydrogen-bond acceptors (Lipinski definition) is 6. The zero-order chi connectivity index (χ0) is 25.7. The molecule has 1 aromatic carbocycles. The molecule has 36 heavy (non-hydrogen) atoms. The molecule has 2 aliphatic heterocycles. The van der Waals surface area contributed by atoms with Crippen LogP contribution in [0.5, 0.6) is 0 Å². The highest BCUT2D eigenvalue weighted by atomic mass is 19.4. The van der Waals surface area contributed by atoms with Gasteiger partial charge in [0.05, 0.1) is 11.5 Å². The molecule has 1 amide bonds. The number of piperidine rings is 2. The zero-order valence-corrected chi connectivity index (χ0v) is 20.6. The summed E-state index contributed by atoms with van der Waals surface area (Å²) in [6.45, 7) is 5.57. The van der Waals surface area contributed by atoms with Crippen LogP contribution in [-0.4, -0.2) is 60.3 Å². The van der Waals surface area contributed by atoms with E-state index in [1.165, 1.54) is 12.1 Å². The van der Waals surface area contributed by atoms with E-state index in [-0.39, 0.29) is 18.4 Å². The smallest absolute Gasteiger partial charge is 0.396 e. The Hall–Kier alpha value is -2.88. The van der Waals surface area contributed by atoms with E-state index >= 15 is 0 Å². The van der Waals surface area contributed by atoms with Crippen molar-refractivity contribution in [1.29, 1.82) is 0 Å². The van der Waals surface area contributed by atoms with Gasteiger partial charge < -0.3 is 20.2 Å². The Balaban J connectivity index is 1.31. The van der Waals surface area contributed by atoms with E-state index in [0.29, 0.717) is 31.3 Å². The number of aromatic nitrogens is 2. The minimum atomic E-state index is -4.35. The fourth-order valence-electron chi connectivity index (χ4n) is 4.94. The predicted octanol–water partition coefficient (Wildman–Crippen LogP) is 3.59. The summed E-state index contributed by atoms with van der Waals surface area (Å²) in [6, 6.07) is 7.06. The molecular formula is C26H34F3N5O2. The summed E-state index contributed by atoms with van der Waals surface area (Å²) < 4.78 is 38.2. The molecule has 2 N–H and O–H groups in total. The molecule has 0 aliphatic carbocycles. The molecule has 2 aliphatic rings. The number of carbonyl (C=O) groups is 1. The van der Waals surface area contributed by atoms with Gasteiger partial charge in [-0.05, 0) is 62.6 Å². The Labute approximate surface area is 209 Å². The molecule has 1 aromatic heterocycles. The van der Waals surface area contributed by atoms with Crippen molar-refractivity contribution in [1.82, 2.24) is 15.3 Å². The lowest BCUT2D eigenvalue weighted by Gasteiger charge is -2.35. The molecule has 0 radical (unpaired) electrons. The van der Waals surface area contributed by atoms with Gasteiger partial charge in [-0.25, -0.2) is 9.97 Å². The number of rotatable bonds is 7. The summed E-state index contributed by atoms with van der Waals surface area (Å²) in [5.74, 6) is 2.54. The fraction of sp³-hybridized carbons (Fsp3) is 0.577. The number of carbonyl (C=O) groups excluding carboxylic acids is 1. The van der Waals surface area contributed by atoms with E-state index in [4.69, 9.17) is 0 Å².